The second-order valence-corrected chi connectivity index (χ2v) is 6.07. The molecule has 0 aliphatic carbocycles. The Hall–Kier alpha value is -2.10. The number of hydrogen-bond donors (Lipinski definition) is 1. The van der Waals surface area contributed by atoms with E-state index in [1.54, 1.807) is 6.92 Å². The van der Waals surface area contributed by atoms with Gasteiger partial charge in [0.25, 0.3) is 0 Å². The number of aromatic carboxylic acids is 1. The van der Waals surface area contributed by atoms with Crippen LogP contribution in [0.2, 0.25) is 0 Å². The summed E-state index contributed by atoms with van der Waals surface area (Å²) in [7, 11) is 0. The first-order valence-corrected chi connectivity index (χ1v) is 6.53. The zero-order valence-electron chi connectivity index (χ0n) is 12.4. The monoisotopic (exact) mass is 273 g/mol. The first kappa shape index (κ1) is 14.3. The molecule has 0 atom stereocenters. The second-order valence-electron chi connectivity index (χ2n) is 6.07. The van der Waals surface area contributed by atoms with Crippen molar-refractivity contribution in [2.75, 3.05) is 0 Å². The highest BCUT2D eigenvalue weighted by Gasteiger charge is 2.22. The van der Waals surface area contributed by atoms with Gasteiger partial charge in [-0.25, -0.2) is 4.79 Å². The zero-order valence-corrected chi connectivity index (χ0v) is 12.4. The largest absolute Gasteiger partial charge is 0.476 e. The molecule has 1 heterocycles. The van der Waals surface area contributed by atoms with Crippen molar-refractivity contribution in [3.8, 4) is 11.3 Å². The van der Waals surface area contributed by atoms with Crippen LogP contribution in [0.25, 0.3) is 11.3 Å². The number of carboxylic acid groups (broad SMARTS) is 1. The van der Waals surface area contributed by atoms with Gasteiger partial charge in [-0.15, -0.1) is 0 Å². The molecule has 1 aromatic carbocycles. The van der Waals surface area contributed by atoms with Gasteiger partial charge in [0.05, 0.1) is 0 Å². The summed E-state index contributed by atoms with van der Waals surface area (Å²) in [5.41, 5.74) is 3.66. The lowest BCUT2D eigenvalue weighted by atomic mass is 9.84. The highest BCUT2D eigenvalue weighted by molar-refractivity contribution is 5.89. The molecule has 0 saturated carbocycles. The van der Waals surface area contributed by atoms with Crippen LogP contribution in [0.1, 0.15) is 48.0 Å². The number of benzene rings is 1. The van der Waals surface area contributed by atoms with E-state index in [1.807, 2.05) is 13.0 Å². The van der Waals surface area contributed by atoms with E-state index in [4.69, 9.17) is 9.63 Å². The van der Waals surface area contributed by atoms with E-state index in [0.717, 1.165) is 11.1 Å². The van der Waals surface area contributed by atoms with Crippen LogP contribution in [0.5, 0.6) is 0 Å². The van der Waals surface area contributed by atoms with Crippen molar-refractivity contribution >= 4 is 5.97 Å². The van der Waals surface area contributed by atoms with Gasteiger partial charge in [0.15, 0.2) is 11.5 Å². The van der Waals surface area contributed by atoms with Gasteiger partial charge < -0.3 is 9.63 Å². The van der Waals surface area contributed by atoms with Crippen LogP contribution in [0, 0.1) is 13.8 Å². The fourth-order valence-electron chi connectivity index (χ4n) is 2.12. The Morgan fingerprint density at radius 2 is 1.90 bits per heavy atom. The average molecular weight is 273 g/mol. The molecule has 0 unspecified atom stereocenters. The third kappa shape index (κ3) is 2.46. The van der Waals surface area contributed by atoms with E-state index in [-0.39, 0.29) is 11.1 Å². The maximum absolute atomic E-state index is 11.1. The molecule has 1 N–H and O–H groups in total. The molecular weight excluding hydrogens is 254 g/mol. The quantitative estimate of drug-likeness (QED) is 0.899. The van der Waals surface area contributed by atoms with Crippen molar-refractivity contribution in [2.24, 2.45) is 0 Å². The first-order chi connectivity index (χ1) is 9.21. The number of carbonyl (C=O) groups is 1. The predicted molar refractivity (Wildman–Crippen MR) is 77.1 cm³/mol. The van der Waals surface area contributed by atoms with E-state index in [1.165, 1.54) is 5.56 Å². The third-order valence-corrected chi connectivity index (χ3v) is 3.47. The Kier molecular flexibility index (Phi) is 3.42. The Morgan fingerprint density at radius 3 is 2.40 bits per heavy atom. The van der Waals surface area contributed by atoms with Crippen LogP contribution >= 0.6 is 0 Å². The van der Waals surface area contributed by atoms with Crippen molar-refractivity contribution < 1.29 is 14.4 Å². The molecule has 0 bridgehead atoms. The molecule has 0 amide bonds. The Bertz CT molecular complexity index is 663. The maximum atomic E-state index is 11.1. The van der Waals surface area contributed by atoms with E-state index in [2.05, 4.69) is 38.1 Å². The standard InChI is InChI=1S/C16H19NO3/c1-9-6-7-11(16(3,4)5)8-12(9)14-10(2)13(15(18)19)17-20-14/h6-8H,1-5H3,(H,18,19). The Labute approximate surface area is 118 Å². The highest BCUT2D eigenvalue weighted by atomic mass is 16.5. The minimum Gasteiger partial charge on any atom is -0.476 e. The molecule has 0 saturated heterocycles. The molecule has 0 aliphatic rings. The highest BCUT2D eigenvalue weighted by Crippen LogP contribution is 2.32. The van der Waals surface area contributed by atoms with Gasteiger partial charge in [0, 0.05) is 11.1 Å². The summed E-state index contributed by atoms with van der Waals surface area (Å²) in [6, 6.07) is 6.16. The molecule has 0 fully saturated rings. The number of rotatable bonds is 2. The van der Waals surface area contributed by atoms with Crippen LogP contribution in [0.4, 0.5) is 0 Å². The van der Waals surface area contributed by atoms with Crippen molar-refractivity contribution in [1.29, 1.82) is 0 Å². The van der Waals surface area contributed by atoms with E-state index in [0.29, 0.717) is 11.3 Å². The van der Waals surface area contributed by atoms with Crippen molar-refractivity contribution in [2.45, 2.75) is 40.0 Å². The SMILES string of the molecule is Cc1ccc(C(C)(C)C)cc1-c1onc(C(=O)O)c1C. The van der Waals surface area contributed by atoms with E-state index >= 15 is 0 Å². The van der Waals surface area contributed by atoms with Crippen LogP contribution < -0.4 is 0 Å². The summed E-state index contributed by atoms with van der Waals surface area (Å²) in [6.45, 7) is 10.1. The molecular formula is C16H19NO3. The first-order valence-electron chi connectivity index (χ1n) is 6.53. The van der Waals surface area contributed by atoms with Crippen LogP contribution in [0.15, 0.2) is 22.7 Å². The number of hydrogen-bond acceptors (Lipinski definition) is 3. The van der Waals surface area contributed by atoms with Gasteiger partial charge in [-0.2, -0.15) is 0 Å². The predicted octanol–water partition coefficient (Wildman–Crippen LogP) is 3.95. The summed E-state index contributed by atoms with van der Waals surface area (Å²) in [5.74, 6) is -0.534. The topological polar surface area (TPSA) is 63.3 Å². The lowest BCUT2D eigenvalue weighted by molar-refractivity contribution is 0.0685. The van der Waals surface area contributed by atoms with Crippen molar-refractivity contribution in [3.05, 3.63) is 40.6 Å². The Morgan fingerprint density at radius 1 is 1.25 bits per heavy atom. The maximum Gasteiger partial charge on any atom is 0.358 e. The smallest absolute Gasteiger partial charge is 0.358 e. The minimum absolute atomic E-state index is 0.0198. The summed E-state index contributed by atoms with van der Waals surface area (Å²) < 4.78 is 5.26. The number of nitrogens with zero attached hydrogens (tertiary/aromatic N) is 1. The summed E-state index contributed by atoms with van der Waals surface area (Å²) >= 11 is 0. The van der Waals surface area contributed by atoms with Crippen molar-refractivity contribution in [3.63, 3.8) is 0 Å². The molecule has 106 valence electrons. The molecule has 0 aliphatic heterocycles. The minimum atomic E-state index is -1.07. The molecule has 2 rings (SSSR count). The lowest BCUT2D eigenvalue weighted by Gasteiger charge is -2.20. The van der Waals surface area contributed by atoms with Crippen LogP contribution in [0.3, 0.4) is 0 Å². The van der Waals surface area contributed by atoms with Gasteiger partial charge in [0.1, 0.15) is 0 Å². The average Bonchev–Trinajstić information content (AvgIpc) is 2.70. The van der Waals surface area contributed by atoms with Crippen LogP contribution in [-0.4, -0.2) is 16.2 Å². The van der Waals surface area contributed by atoms with E-state index < -0.39 is 5.97 Å². The molecule has 4 heteroatoms. The summed E-state index contributed by atoms with van der Waals surface area (Å²) in [5, 5.41) is 12.7. The molecule has 4 nitrogen and oxygen atoms in total. The number of carboxylic acids is 1. The fraction of sp³-hybridized carbons (Fsp3) is 0.375. The summed E-state index contributed by atoms with van der Waals surface area (Å²) in [4.78, 5) is 11.1. The lowest BCUT2D eigenvalue weighted by Crippen LogP contribution is -2.11. The van der Waals surface area contributed by atoms with Gasteiger partial charge in [0.2, 0.25) is 0 Å². The normalized spacial score (nSPS) is 11.7. The molecule has 2 aromatic rings. The molecule has 1 aromatic heterocycles. The number of aromatic nitrogens is 1. The zero-order chi connectivity index (χ0) is 15.1. The summed E-state index contributed by atoms with van der Waals surface area (Å²) in [6.07, 6.45) is 0. The Balaban J connectivity index is 2.61. The molecule has 0 spiro atoms. The van der Waals surface area contributed by atoms with Gasteiger partial charge in [-0.1, -0.05) is 38.1 Å². The van der Waals surface area contributed by atoms with Crippen molar-refractivity contribution in [1.82, 2.24) is 5.16 Å². The van der Waals surface area contributed by atoms with Gasteiger partial charge in [-0.05, 0) is 36.5 Å². The molecule has 0 radical (unpaired) electrons. The van der Waals surface area contributed by atoms with Gasteiger partial charge >= 0.3 is 5.97 Å². The second kappa shape index (κ2) is 4.78. The number of aryl methyl sites for hydroxylation is 1. The third-order valence-electron chi connectivity index (χ3n) is 3.47. The molecule has 20 heavy (non-hydrogen) atoms. The van der Waals surface area contributed by atoms with Gasteiger partial charge in [-0.3, -0.25) is 0 Å². The van der Waals surface area contributed by atoms with E-state index in [9.17, 15) is 4.79 Å². The fourth-order valence-corrected chi connectivity index (χ4v) is 2.12. The van der Waals surface area contributed by atoms with Crippen LogP contribution in [-0.2, 0) is 5.41 Å².